The Balaban J connectivity index is 1.95. The molecule has 1 N–H and O–H groups in total. The number of nitrogens with zero attached hydrogens (tertiary/aromatic N) is 1. The first-order valence-electron chi connectivity index (χ1n) is 7.91. The highest BCUT2D eigenvalue weighted by Gasteiger charge is 2.44. The lowest BCUT2D eigenvalue weighted by atomic mass is 9.87. The molecule has 1 aliphatic heterocycles. The number of benzene rings is 2. The number of hydrogen-bond donors (Lipinski definition) is 1. The maximum absolute atomic E-state index is 13.9. The largest absolute Gasteiger partial charge is 0.381 e. The lowest BCUT2D eigenvalue weighted by Gasteiger charge is -2.28. The number of halogens is 1. The van der Waals surface area contributed by atoms with E-state index < -0.39 is 0 Å². The van der Waals surface area contributed by atoms with Crippen LogP contribution in [0.5, 0.6) is 0 Å². The molecule has 3 nitrogen and oxygen atoms in total. The first-order chi connectivity index (χ1) is 11.2. The quantitative estimate of drug-likeness (QED) is 0.867. The molecule has 2 aliphatic rings. The Kier molecular flexibility index (Phi) is 3.51. The van der Waals surface area contributed by atoms with Gasteiger partial charge in [-0.25, -0.2) is 4.39 Å². The smallest absolute Gasteiger partial charge is 0.137 e. The van der Waals surface area contributed by atoms with Crippen LogP contribution in [0.15, 0.2) is 42.5 Å². The molecule has 2 aromatic carbocycles. The van der Waals surface area contributed by atoms with Crippen molar-refractivity contribution in [3.63, 3.8) is 0 Å². The number of rotatable bonds is 2. The number of likely N-dealkylation sites (tertiary alicyclic amines) is 1. The van der Waals surface area contributed by atoms with E-state index in [0.717, 1.165) is 23.8 Å². The summed E-state index contributed by atoms with van der Waals surface area (Å²) in [5.74, 6) is -0.183. The van der Waals surface area contributed by atoms with Crippen LogP contribution in [0.3, 0.4) is 0 Å². The summed E-state index contributed by atoms with van der Waals surface area (Å²) in [6, 6.07) is 12.6. The van der Waals surface area contributed by atoms with Gasteiger partial charge in [-0.1, -0.05) is 30.3 Å². The summed E-state index contributed by atoms with van der Waals surface area (Å²) >= 11 is 0. The average Bonchev–Trinajstić information content (AvgIpc) is 2.89. The van der Waals surface area contributed by atoms with Crippen LogP contribution in [0, 0.1) is 5.82 Å². The average molecular weight is 311 g/mol. The van der Waals surface area contributed by atoms with Crippen molar-refractivity contribution in [2.75, 3.05) is 6.73 Å². The van der Waals surface area contributed by atoms with Crippen LogP contribution in [0.1, 0.15) is 40.6 Å². The zero-order valence-corrected chi connectivity index (χ0v) is 12.7. The molecule has 0 spiro atoms. The molecule has 2 aromatic rings. The molecule has 0 saturated carbocycles. The SMILES string of the molecule is O=C[C@H]1C[C@@H]2c3ccccc3Cc3ccc(F)cc3[C@H]2N1CO. The molecule has 1 heterocycles. The molecule has 1 fully saturated rings. The minimum Gasteiger partial charge on any atom is -0.381 e. The molecular weight excluding hydrogens is 293 g/mol. The van der Waals surface area contributed by atoms with Gasteiger partial charge in [0.15, 0.2) is 0 Å². The van der Waals surface area contributed by atoms with E-state index in [1.807, 2.05) is 18.2 Å². The van der Waals surface area contributed by atoms with E-state index in [9.17, 15) is 14.3 Å². The maximum atomic E-state index is 13.9. The van der Waals surface area contributed by atoms with Gasteiger partial charge < -0.3 is 9.90 Å². The molecule has 3 atom stereocenters. The molecule has 4 rings (SSSR count). The Hall–Kier alpha value is -2.04. The van der Waals surface area contributed by atoms with Gasteiger partial charge in [0, 0.05) is 12.0 Å². The summed E-state index contributed by atoms with van der Waals surface area (Å²) in [5, 5.41) is 9.81. The fourth-order valence-electron chi connectivity index (χ4n) is 4.25. The summed E-state index contributed by atoms with van der Waals surface area (Å²) in [5.41, 5.74) is 4.38. The number of carbonyl (C=O) groups excluding carboxylic acids is 1. The Labute approximate surface area is 134 Å². The zero-order valence-electron chi connectivity index (χ0n) is 12.7. The van der Waals surface area contributed by atoms with Gasteiger partial charge in [0.2, 0.25) is 0 Å². The van der Waals surface area contributed by atoms with Crippen LogP contribution < -0.4 is 0 Å². The van der Waals surface area contributed by atoms with Crippen molar-refractivity contribution in [3.05, 3.63) is 70.5 Å². The predicted octanol–water partition coefficient (Wildman–Crippen LogP) is 2.78. The molecular formula is C19H18FNO2. The van der Waals surface area contributed by atoms with E-state index in [1.54, 1.807) is 11.0 Å². The Morgan fingerprint density at radius 2 is 1.96 bits per heavy atom. The molecule has 0 bridgehead atoms. The van der Waals surface area contributed by atoms with Crippen molar-refractivity contribution in [2.24, 2.45) is 0 Å². The van der Waals surface area contributed by atoms with Crippen molar-refractivity contribution in [3.8, 4) is 0 Å². The Morgan fingerprint density at radius 3 is 2.74 bits per heavy atom. The first kappa shape index (κ1) is 14.5. The lowest BCUT2D eigenvalue weighted by molar-refractivity contribution is -0.113. The minimum absolute atomic E-state index is 0.0941. The highest BCUT2D eigenvalue weighted by molar-refractivity contribution is 5.60. The zero-order chi connectivity index (χ0) is 16.0. The Morgan fingerprint density at radius 1 is 1.17 bits per heavy atom. The van der Waals surface area contributed by atoms with Crippen LogP contribution in [-0.2, 0) is 11.2 Å². The molecule has 4 heteroatoms. The Bertz CT molecular complexity index is 761. The molecule has 0 radical (unpaired) electrons. The van der Waals surface area contributed by atoms with E-state index in [4.69, 9.17) is 0 Å². The van der Waals surface area contributed by atoms with Crippen LogP contribution in [-0.4, -0.2) is 29.1 Å². The van der Waals surface area contributed by atoms with Gasteiger partial charge in [0.05, 0.1) is 12.8 Å². The predicted molar refractivity (Wildman–Crippen MR) is 84.5 cm³/mol. The van der Waals surface area contributed by atoms with Crippen LogP contribution in [0.25, 0.3) is 0 Å². The lowest BCUT2D eigenvalue weighted by Crippen LogP contribution is -2.34. The fourth-order valence-corrected chi connectivity index (χ4v) is 4.25. The third-order valence-corrected chi connectivity index (χ3v) is 5.24. The van der Waals surface area contributed by atoms with Crippen LogP contribution in [0.4, 0.5) is 4.39 Å². The van der Waals surface area contributed by atoms with Crippen LogP contribution >= 0.6 is 0 Å². The van der Waals surface area contributed by atoms with Gasteiger partial charge in [-0.05, 0) is 47.2 Å². The maximum Gasteiger partial charge on any atom is 0.137 e. The topological polar surface area (TPSA) is 40.5 Å². The molecule has 0 aromatic heterocycles. The number of carbonyl (C=O) groups is 1. The summed E-state index contributed by atoms with van der Waals surface area (Å²) < 4.78 is 13.9. The minimum atomic E-state index is -0.336. The summed E-state index contributed by atoms with van der Waals surface area (Å²) in [4.78, 5) is 13.3. The van der Waals surface area contributed by atoms with Gasteiger partial charge in [0.25, 0.3) is 0 Å². The van der Waals surface area contributed by atoms with Gasteiger partial charge in [-0.2, -0.15) is 0 Å². The summed E-state index contributed by atoms with van der Waals surface area (Å²) in [7, 11) is 0. The monoisotopic (exact) mass is 311 g/mol. The molecule has 1 saturated heterocycles. The van der Waals surface area contributed by atoms with E-state index in [2.05, 4.69) is 12.1 Å². The van der Waals surface area contributed by atoms with Crippen molar-refractivity contribution in [1.29, 1.82) is 0 Å². The molecule has 118 valence electrons. The number of aldehydes is 1. The van der Waals surface area contributed by atoms with Crippen molar-refractivity contribution < 1.29 is 14.3 Å². The van der Waals surface area contributed by atoms with Gasteiger partial charge in [-0.15, -0.1) is 0 Å². The summed E-state index contributed by atoms with van der Waals surface area (Å²) in [6.45, 7) is -0.206. The van der Waals surface area contributed by atoms with E-state index in [0.29, 0.717) is 6.42 Å². The standard InChI is InChI=1S/C19H18FNO2/c20-14-6-5-13-7-12-3-1-2-4-16(12)18-9-15(10-22)21(11-23)19(18)17(13)8-14/h1-6,8,10,15,18-19,23H,7,9,11H2/t15-,18-,19-/m1/s1. The second-order valence-corrected chi connectivity index (χ2v) is 6.36. The second-order valence-electron chi connectivity index (χ2n) is 6.36. The highest BCUT2D eigenvalue weighted by Crippen LogP contribution is 2.50. The molecule has 23 heavy (non-hydrogen) atoms. The number of fused-ring (bicyclic) bond motifs is 5. The second kappa shape index (κ2) is 5.55. The normalized spacial score (nSPS) is 26.1. The van der Waals surface area contributed by atoms with Gasteiger partial charge >= 0.3 is 0 Å². The number of aliphatic hydroxyl groups excluding tert-OH is 1. The number of aliphatic hydroxyl groups is 1. The van der Waals surface area contributed by atoms with E-state index >= 15 is 0 Å². The van der Waals surface area contributed by atoms with Gasteiger partial charge in [0.1, 0.15) is 12.1 Å². The third-order valence-electron chi connectivity index (χ3n) is 5.24. The molecule has 0 amide bonds. The molecule has 0 unspecified atom stereocenters. The van der Waals surface area contributed by atoms with Crippen LogP contribution in [0.2, 0.25) is 0 Å². The van der Waals surface area contributed by atoms with Crippen molar-refractivity contribution in [1.82, 2.24) is 4.90 Å². The van der Waals surface area contributed by atoms with Crippen molar-refractivity contribution in [2.45, 2.75) is 30.8 Å². The fraction of sp³-hybridized carbons (Fsp3) is 0.316. The summed E-state index contributed by atoms with van der Waals surface area (Å²) in [6.07, 6.45) is 2.30. The highest BCUT2D eigenvalue weighted by atomic mass is 19.1. The first-order valence-corrected chi connectivity index (χ1v) is 7.91. The van der Waals surface area contributed by atoms with Crippen molar-refractivity contribution >= 4 is 6.29 Å². The van der Waals surface area contributed by atoms with Gasteiger partial charge in [-0.3, -0.25) is 4.90 Å². The third kappa shape index (κ3) is 2.21. The number of hydrogen-bond acceptors (Lipinski definition) is 3. The van der Waals surface area contributed by atoms with E-state index in [1.165, 1.54) is 17.2 Å². The van der Waals surface area contributed by atoms with E-state index in [-0.39, 0.29) is 30.5 Å². The molecule has 1 aliphatic carbocycles.